The molecule has 7 heteroatoms. The van der Waals surface area contributed by atoms with Crippen LogP contribution in [0.3, 0.4) is 0 Å². The van der Waals surface area contributed by atoms with Gasteiger partial charge in [-0.25, -0.2) is 9.59 Å². The SMILES string of the molecule is NC(=O)Nc1[nH]c2cc(-n3cccc3)ccc2c1C(=O)O. The van der Waals surface area contributed by atoms with Gasteiger partial charge in [0.05, 0.1) is 0 Å². The van der Waals surface area contributed by atoms with Crippen LogP contribution < -0.4 is 11.1 Å². The lowest BCUT2D eigenvalue weighted by atomic mass is 10.1. The zero-order valence-electron chi connectivity index (χ0n) is 10.8. The number of aromatic nitrogens is 2. The molecule has 0 saturated heterocycles. The lowest BCUT2D eigenvalue weighted by Crippen LogP contribution is -2.20. The van der Waals surface area contributed by atoms with E-state index in [4.69, 9.17) is 5.73 Å². The molecule has 3 rings (SSSR count). The minimum atomic E-state index is -1.14. The third-order valence-corrected chi connectivity index (χ3v) is 3.15. The van der Waals surface area contributed by atoms with Crippen molar-refractivity contribution in [3.8, 4) is 5.69 Å². The van der Waals surface area contributed by atoms with Gasteiger partial charge in [-0.15, -0.1) is 0 Å². The lowest BCUT2D eigenvalue weighted by molar-refractivity contribution is 0.0700. The van der Waals surface area contributed by atoms with E-state index in [0.717, 1.165) is 5.69 Å². The predicted octanol–water partition coefficient (Wildman–Crippen LogP) is 2.15. The Balaban J connectivity index is 2.18. The first-order valence-corrected chi connectivity index (χ1v) is 6.15. The highest BCUT2D eigenvalue weighted by atomic mass is 16.4. The fourth-order valence-corrected chi connectivity index (χ4v) is 2.29. The second kappa shape index (κ2) is 4.71. The number of hydrogen-bond donors (Lipinski definition) is 4. The number of H-pyrrole nitrogens is 1. The molecule has 0 atom stereocenters. The number of anilines is 1. The highest BCUT2D eigenvalue weighted by Gasteiger charge is 2.19. The van der Waals surface area contributed by atoms with Gasteiger partial charge in [-0.2, -0.15) is 0 Å². The van der Waals surface area contributed by atoms with Gasteiger partial charge in [0.15, 0.2) is 0 Å². The summed E-state index contributed by atoms with van der Waals surface area (Å²) < 4.78 is 1.89. The number of fused-ring (bicyclic) bond motifs is 1. The Hall–Kier alpha value is -3.22. The van der Waals surface area contributed by atoms with Gasteiger partial charge >= 0.3 is 12.0 Å². The molecule has 2 aromatic heterocycles. The zero-order chi connectivity index (χ0) is 15.0. The highest BCUT2D eigenvalue weighted by molar-refractivity contribution is 6.11. The first kappa shape index (κ1) is 12.8. The van der Waals surface area contributed by atoms with Crippen LogP contribution in [0.15, 0.2) is 42.7 Å². The largest absolute Gasteiger partial charge is 0.478 e. The monoisotopic (exact) mass is 284 g/mol. The Labute approximate surface area is 119 Å². The molecule has 21 heavy (non-hydrogen) atoms. The fraction of sp³-hybridized carbons (Fsp3) is 0. The van der Waals surface area contributed by atoms with E-state index in [0.29, 0.717) is 10.9 Å². The van der Waals surface area contributed by atoms with E-state index < -0.39 is 12.0 Å². The van der Waals surface area contributed by atoms with Crippen molar-refractivity contribution in [2.24, 2.45) is 5.73 Å². The molecule has 5 N–H and O–H groups in total. The maximum Gasteiger partial charge on any atom is 0.340 e. The topological polar surface area (TPSA) is 113 Å². The van der Waals surface area contributed by atoms with Gasteiger partial charge in [-0.3, -0.25) is 5.32 Å². The van der Waals surface area contributed by atoms with Gasteiger partial charge in [-0.1, -0.05) is 0 Å². The second-order valence-corrected chi connectivity index (χ2v) is 4.49. The molecular weight excluding hydrogens is 272 g/mol. The number of nitrogens with one attached hydrogen (secondary N) is 2. The molecule has 0 aliphatic rings. The van der Waals surface area contributed by atoms with Gasteiger partial charge in [-0.05, 0) is 30.3 Å². The molecule has 106 valence electrons. The predicted molar refractivity (Wildman–Crippen MR) is 77.8 cm³/mol. The molecule has 3 aromatic rings. The number of hydrogen-bond acceptors (Lipinski definition) is 2. The van der Waals surface area contributed by atoms with E-state index in [-0.39, 0.29) is 11.4 Å². The molecule has 0 bridgehead atoms. The number of carbonyl (C=O) groups is 2. The Bertz CT molecular complexity index is 833. The molecule has 2 amide bonds. The molecule has 2 heterocycles. The van der Waals surface area contributed by atoms with Crippen molar-refractivity contribution in [3.05, 3.63) is 48.3 Å². The van der Waals surface area contributed by atoms with Crippen LogP contribution in [0.1, 0.15) is 10.4 Å². The molecular formula is C14H12N4O3. The van der Waals surface area contributed by atoms with E-state index in [2.05, 4.69) is 10.3 Å². The van der Waals surface area contributed by atoms with Crippen LogP contribution in [0, 0.1) is 0 Å². The number of nitrogens with two attached hydrogens (primary N) is 1. The smallest absolute Gasteiger partial charge is 0.340 e. The van der Waals surface area contributed by atoms with E-state index in [9.17, 15) is 14.7 Å². The first-order chi connectivity index (χ1) is 10.1. The van der Waals surface area contributed by atoms with Gasteiger partial charge < -0.3 is 20.4 Å². The molecule has 1 aromatic carbocycles. The molecule has 7 nitrogen and oxygen atoms in total. The summed E-state index contributed by atoms with van der Waals surface area (Å²) in [5, 5.41) is 12.1. The Morgan fingerprint density at radius 1 is 1.24 bits per heavy atom. The standard InChI is InChI=1S/C14H12N4O3/c15-14(21)17-12-11(13(19)20)9-4-3-8(7-10(9)16-12)18-5-1-2-6-18/h1-7,16H,(H,19,20)(H3,15,17,21). The molecule has 0 aliphatic heterocycles. The maximum absolute atomic E-state index is 11.4. The number of aromatic amines is 1. The van der Waals surface area contributed by atoms with E-state index >= 15 is 0 Å². The maximum atomic E-state index is 11.4. The average molecular weight is 284 g/mol. The summed E-state index contributed by atoms with van der Waals surface area (Å²) in [5.41, 5.74) is 6.52. The van der Waals surface area contributed by atoms with Crippen molar-refractivity contribution < 1.29 is 14.7 Å². The Morgan fingerprint density at radius 3 is 2.57 bits per heavy atom. The first-order valence-electron chi connectivity index (χ1n) is 6.15. The Kier molecular flexibility index (Phi) is 2.87. The van der Waals surface area contributed by atoms with Crippen molar-refractivity contribution in [3.63, 3.8) is 0 Å². The van der Waals surface area contributed by atoms with Crippen LogP contribution in [0.2, 0.25) is 0 Å². The minimum Gasteiger partial charge on any atom is -0.478 e. The van der Waals surface area contributed by atoms with Crippen molar-refractivity contribution in [2.45, 2.75) is 0 Å². The number of carboxylic acids is 1. The van der Waals surface area contributed by atoms with E-state index in [1.54, 1.807) is 18.2 Å². The number of primary amides is 1. The lowest BCUT2D eigenvalue weighted by Gasteiger charge is -2.02. The normalized spacial score (nSPS) is 10.7. The van der Waals surface area contributed by atoms with Crippen molar-refractivity contribution >= 4 is 28.7 Å². The number of nitrogens with zero attached hydrogens (tertiary/aromatic N) is 1. The summed E-state index contributed by atoms with van der Waals surface area (Å²) in [7, 11) is 0. The van der Waals surface area contributed by atoms with Crippen LogP contribution in [0.5, 0.6) is 0 Å². The van der Waals surface area contributed by atoms with Crippen molar-refractivity contribution in [1.29, 1.82) is 0 Å². The number of urea groups is 1. The highest BCUT2D eigenvalue weighted by Crippen LogP contribution is 2.28. The molecule has 0 spiro atoms. The van der Waals surface area contributed by atoms with Gasteiger partial charge in [0.1, 0.15) is 11.4 Å². The van der Waals surface area contributed by atoms with Gasteiger partial charge in [0, 0.05) is 29.0 Å². The third-order valence-electron chi connectivity index (χ3n) is 3.15. The summed E-state index contributed by atoms with van der Waals surface area (Å²) >= 11 is 0. The van der Waals surface area contributed by atoms with Crippen molar-refractivity contribution in [2.75, 3.05) is 5.32 Å². The summed E-state index contributed by atoms with van der Waals surface area (Å²) in [6.07, 6.45) is 3.76. The number of benzene rings is 1. The van der Waals surface area contributed by atoms with Gasteiger partial charge in [0.2, 0.25) is 0 Å². The molecule has 0 unspecified atom stereocenters. The summed E-state index contributed by atoms with van der Waals surface area (Å²) in [6.45, 7) is 0. The molecule has 0 radical (unpaired) electrons. The minimum absolute atomic E-state index is 0.0112. The number of carbonyl (C=O) groups excluding carboxylic acids is 1. The summed E-state index contributed by atoms with van der Waals surface area (Å²) in [4.78, 5) is 25.2. The van der Waals surface area contributed by atoms with Crippen LogP contribution in [-0.2, 0) is 0 Å². The van der Waals surface area contributed by atoms with Crippen LogP contribution >= 0.6 is 0 Å². The zero-order valence-corrected chi connectivity index (χ0v) is 10.8. The van der Waals surface area contributed by atoms with E-state index in [1.165, 1.54) is 0 Å². The summed E-state index contributed by atoms with van der Waals surface area (Å²) in [5.74, 6) is -1.06. The second-order valence-electron chi connectivity index (χ2n) is 4.49. The number of rotatable bonds is 3. The number of amides is 2. The number of carboxylic acid groups (broad SMARTS) is 1. The fourth-order valence-electron chi connectivity index (χ4n) is 2.29. The third kappa shape index (κ3) is 2.20. The molecule has 0 saturated carbocycles. The molecule has 0 aliphatic carbocycles. The van der Waals surface area contributed by atoms with Crippen LogP contribution in [0.4, 0.5) is 10.6 Å². The van der Waals surface area contributed by atoms with Crippen LogP contribution in [0.25, 0.3) is 16.6 Å². The quantitative estimate of drug-likeness (QED) is 0.591. The van der Waals surface area contributed by atoms with Crippen LogP contribution in [-0.4, -0.2) is 26.7 Å². The average Bonchev–Trinajstić information content (AvgIpc) is 3.03. The molecule has 0 fully saturated rings. The number of aromatic carboxylic acids is 1. The summed E-state index contributed by atoms with van der Waals surface area (Å²) in [6, 6.07) is 8.25. The Morgan fingerprint density at radius 2 is 1.95 bits per heavy atom. The van der Waals surface area contributed by atoms with Crippen molar-refractivity contribution in [1.82, 2.24) is 9.55 Å². The van der Waals surface area contributed by atoms with E-state index in [1.807, 2.05) is 29.1 Å². The van der Waals surface area contributed by atoms with Gasteiger partial charge in [0.25, 0.3) is 0 Å².